The van der Waals surface area contributed by atoms with E-state index in [0.717, 1.165) is 17.5 Å². The van der Waals surface area contributed by atoms with Gasteiger partial charge in [0.05, 0.1) is 0 Å². The van der Waals surface area contributed by atoms with Crippen LogP contribution in [-0.4, -0.2) is 25.0 Å². The summed E-state index contributed by atoms with van der Waals surface area (Å²) in [5, 5.41) is 0.843. The quantitative estimate of drug-likeness (QED) is 0.649. The van der Waals surface area contributed by atoms with Crippen LogP contribution in [0.15, 0.2) is 23.8 Å². The molecule has 1 atom stereocenters. The molecule has 0 amide bonds. The van der Waals surface area contributed by atoms with Crippen molar-refractivity contribution in [1.82, 2.24) is 4.90 Å². The summed E-state index contributed by atoms with van der Waals surface area (Å²) >= 11 is 6.01. The molecule has 0 spiro atoms. The SMILES string of the molecule is CN1CC2=Cc3cc(Cl)ccc3CC2C1. The van der Waals surface area contributed by atoms with Crippen molar-refractivity contribution in [2.75, 3.05) is 20.1 Å². The summed E-state index contributed by atoms with van der Waals surface area (Å²) in [6.07, 6.45) is 3.52. The highest BCUT2D eigenvalue weighted by molar-refractivity contribution is 6.30. The van der Waals surface area contributed by atoms with Crippen molar-refractivity contribution in [1.29, 1.82) is 0 Å². The molecule has 1 aliphatic carbocycles. The summed E-state index contributed by atoms with van der Waals surface area (Å²) in [5.41, 5.74) is 4.35. The van der Waals surface area contributed by atoms with Gasteiger partial charge in [0, 0.05) is 18.1 Å². The van der Waals surface area contributed by atoms with E-state index in [0.29, 0.717) is 0 Å². The Morgan fingerprint density at radius 2 is 2.27 bits per heavy atom. The van der Waals surface area contributed by atoms with Gasteiger partial charge in [-0.2, -0.15) is 0 Å². The zero-order valence-electron chi connectivity index (χ0n) is 8.83. The van der Waals surface area contributed by atoms with Crippen LogP contribution in [0.3, 0.4) is 0 Å². The number of hydrogen-bond donors (Lipinski definition) is 0. The predicted octanol–water partition coefficient (Wildman–Crippen LogP) is 2.84. The molecule has 1 nitrogen and oxygen atoms in total. The molecule has 15 heavy (non-hydrogen) atoms. The van der Waals surface area contributed by atoms with Crippen molar-refractivity contribution in [2.45, 2.75) is 6.42 Å². The lowest BCUT2D eigenvalue weighted by Crippen LogP contribution is -2.15. The summed E-state index contributed by atoms with van der Waals surface area (Å²) in [6, 6.07) is 6.25. The lowest BCUT2D eigenvalue weighted by Gasteiger charge is -2.19. The first-order valence-corrected chi connectivity index (χ1v) is 5.77. The Balaban J connectivity index is 2.04. The van der Waals surface area contributed by atoms with Gasteiger partial charge in [-0.1, -0.05) is 29.3 Å². The molecule has 1 heterocycles. The standard InChI is InChI=1S/C13H14ClN/c1-15-7-11-4-9-2-3-13(14)6-10(9)5-12(11)8-15/h2-3,5-6,11H,4,7-8H2,1H3. The summed E-state index contributed by atoms with van der Waals surface area (Å²) in [6.45, 7) is 2.32. The van der Waals surface area contributed by atoms with E-state index < -0.39 is 0 Å². The second kappa shape index (κ2) is 3.36. The van der Waals surface area contributed by atoms with E-state index >= 15 is 0 Å². The van der Waals surface area contributed by atoms with Crippen molar-refractivity contribution >= 4 is 17.7 Å². The topological polar surface area (TPSA) is 3.24 Å². The molecule has 1 aromatic rings. The fraction of sp³-hybridized carbons (Fsp3) is 0.385. The highest BCUT2D eigenvalue weighted by Gasteiger charge is 2.28. The number of likely N-dealkylation sites (N-methyl/N-ethyl adjacent to an activating group) is 1. The Morgan fingerprint density at radius 1 is 1.40 bits per heavy atom. The van der Waals surface area contributed by atoms with Crippen LogP contribution < -0.4 is 0 Å². The van der Waals surface area contributed by atoms with Crippen LogP contribution in [0.2, 0.25) is 5.02 Å². The second-order valence-corrected chi connectivity index (χ2v) is 5.10. The molecule has 0 N–H and O–H groups in total. The smallest absolute Gasteiger partial charge is 0.0412 e. The van der Waals surface area contributed by atoms with Crippen molar-refractivity contribution in [3.05, 3.63) is 39.9 Å². The molecule has 1 unspecified atom stereocenters. The summed E-state index contributed by atoms with van der Waals surface area (Å²) in [5.74, 6) is 0.740. The molecule has 78 valence electrons. The molecule has 1 aliphatic heterocycles. The first-order valence-electron chi connectivity index (χ1n) is 5.40. The first-order chi connectivity index (χ1) is 7.22. The van der Waals surface area contributed by atoms with Crippen molar-refractivity contribution in [3.8, 4) is 0 Å². The molecular weight excluding hydrogens is 206 g/mol. The average molecular weight is 220 g/mol. The lowest BCUT2D eigenvalue weighted by molar-refractivity contribution is 0.394. The molecule has 0 bridgehead atoms. The van der Waals surface area contributed by atoms with E-state index in [1.807, 2.05) is 6.07 Å². The summed E-state index contributed by atoms with van der Waals surface area (Å²) in [4.78, 5) is 2.39. The van der Waals surface area contributed by atoms with Crippen LogP contribution in [0, 0.1) is 5.92 Å². The maximum absolute atomic E-state index is 6.01. The molecule has 2 aliphatic rings. The largest absolute Gasteiger partial charge is 0.302 e. The minimum Gasteiger partial charge on any atom is -0.302 e. The van der Waals surface area contributed by atoms with Gasteiger partial charge in [-0.15, -0.1) is 0 Å². The average Bonchev–Trinajstić information content (AvgIpc) is 2.53. The fourth-order valence-corrected chi connectivity index (χ4v) is 2.89. The number of hydrogen-bond acceptors (Lipinski definition) is 1. The molecule has 1 aromatic carbocycles. The van der Waals surface area contributed by atoms with Gasteiger partial charge in [-0.25, -0.2) is 0 Å². The molecule has 1 fully saturated rings. The maximum atomic E-state index is 6.01. The number of benzene rings is 1. The fourth-order valence-electron chi connectivity index (χ4n) is 2.71. The summed E-state index contributed by atoms with van der Waals surface area (Å²) < 4.78 is 0. The van der Waals surface area contributed by atoms with Gasteiger partial charge in [0.2, 0.25) is 0 Å². The molecular formula is C13H14ClN. The van der Waals surface area contributed by atoms with Gasteiger partial charge >= 0.3 is 0 Å². The molecule has 0 saturated carbocycles. The van der Waals surface area contributed by atoms with E-state index in [4.69, 9.17) is 11.6 Å². The van der Waals surface area contributed by atoms with Crippen LogP contribution in [0.5, 0.6) is 0 Å². The molecule has 0 aromatic heterocycles. The minimum atomic E-state index is 0.740. The molecule has 3 rings (SSSR count). The van der Waals surface area contributed by atoms with E-state index in [1.165, 1.54) is 24.1 Å². The highest BCUT2D eigenvalue weighted by Crippen LogP contribution is 2.34. The van der Waals surface area contributed by atoms with Gasteiger partial charge < -0.3 is 4.90 Å². The van der Waals surface area contributed by atoms with Crippen molar-refractivity contribution < 1.29 is 0 Å². The summed E-state index contributed by atoms with van der Waals surface area (Å²) in [7, 11) is 2.19. The zero-order chi connectivity index (χ0) is 10.4. The Morgan fingerprint density at radius 3 is 3.13 bits per heavy atom. The Bertz CT molecular complexity index is 436. The van der Waals surface area contributed by atoms with Gasteiger partial charge in [0.25, 0.3) is 0 Å². The van der Waals surface area contributed by atoms with Crippen molar-refractivity contribution in [2.24, 2.45) is 5.92 Å². The second-order valence-electron chi connectivity index (χ2n) is 4.66. The van der Waals surface area contributed by atoms with Gasteiger partial charge in [0.1, 0.15) is 0 Å². The maximum Gasteiger partial charge on any atom is 0.0412 e. The van der Waals surface area contributed by atoms with Crippen LogP contribution >= 0.6 is 11.6 Å². The predicted molar refractivity (Wildman–Crippen MR) is 64.1 cm³/mol. The highest BCUT2D eigenvalue weighted by atomic mass is 35.5. The Kier molecular flexibility index (Phi) is 2.11. The number of nitrogens with zero attached hydrogens (tertiary/aromatic N) is 1. The zero-order valence-corrected chi connectivity index (χ0v) is 9.59. The first kappa shape index (κ1) is 9.44. The van der Waals surface area contributed by atoms with E-state index in [9.17, 15) is 0 Å². The van der Waals surface area contributed by atoms with Gasteiger partial charge in [-0.3, -0.25) is 0 Å². The number of rotatable bonds is 0. The Hall–Kier alpha value is -0.790. The molecule has 0 radical (unpaired) electrons. The third-order valence-electron chi connectivity index (χ3n) is 3.42. The minimum absolute atomic E-state index is 0.740. The van der Waals surface area contributed by atoms with Gasteiger partial charge in [0.15, 0.2) is 0 Å². The normalized spacial score (nSPS) is 24.7. The third-order valence-corrected chi connectivity index (χ3v) is 3.66. The van der Waals surface area contributed by atoms with Crippen LogP contribution in [0.1, 0.15) is 11.1 Å². The van der Waals surface area contributed by atoms with Gasteiger partial charge in [-0.05, 0) is 42.6 Å². The molecule has 1 saturated heterocycles. The van der Waals surface area contributed by atoms with E-state index in [1.54, 1.807) is 5.57 Å². The molecule has 2 heteroatoms. The Labute approximate surface area is 95.3 Å². The number of likely N-dealkylation sites (tertiary alicyclic amines) is 1. The van der Waals surface area contributed by atoms with Crippen LogP contribution in [0.4, 0.5) is 0 Å². The number of halogens is 1. The van der Waals surface area contributed by atoms with Crippen LogP contribution in [0.25, 0.3) is 6.08 Å². The lowest BCUT2D eigenvalue weighted by atomic mass is 9.85. The monoisotopic (exact) mass is 219 g/mol. The van der Waals surface area contributed by atoms with Crippen LogP contribution in [-0.2, 0) is 6.42 Å². The number of fused-ring (bicyclic) bond motifs is 2. The third kappa shape index (κ3) is 1.60. The van der Waals surface area contributed by atoms with E-state index in [2.05, 4.69) is 30.2 Å². The van der Waals surface area contributed by atoms with Crippen molar-refractivity contribution in [3.63, 3.8) is 0 Å². The van der Waals surface area contributed by atoms with E-state index in [-0.39, 0.29) is 0 Å².